The van der Waals surface area contributed by atoms with E-state index in [1.165, 1.54) is 25.2 Å². The van der Waals surface area contributed by atoms with Crippen molar-refractivity contribution in [2.45, 2.75) is 79.3 Å². The Balaban J connectivity index is -0.000000943. The number of carboxylic acids is 10. The number of carbonyl (C=O) groups excluding carboxylic acids is 2. The number of likely N-dealkylation sites (tertiary alicyclic amines) is 2. The average Bonchev–Trinajstić information content (AvgIpc) is 4.07. The van der Waals surface area contributed by atoms with E-state index in [4.69, 9.17) is 60.5 Å². The van der Waals surface area contributed by atoms with Crippen LogP contribution in [0.2, 0.25) is 0 Å². The van der Waals surface area contributed by atoms with Crippen LogP contribution in [0, 0.1) is 13.8 Å². The maximum Gasteiger partial charge on any atom is 0.328 e. The lowest BCUT2D eigenvalue weighted by atomic mass is 10.2. The molecule has 0 aliphatic carbocycles. The molecule has 2 aliphatic rings. The highest BCUT2D eigenvalue weighted by Gasteiger charge is 2.26. The maximum atomic E-state index is 12.3. The minimum absolute atomic E-state index is 0.165. The number of hydrogen-bond acceptors (Lipinski definition) is 20. The van der Waals surface area contributed by atoms with Crippen LogP contribution in [0.25, 0.3) is 0 Å². The number of aryl methyl sites for hydroxylation is 2. The van der Waals surface area contributed by atoms with E-state index in [9.17, 15) is 57.5 Å². The third-order valence-corrected chi connectivity index (χ3v) is 9.45. The van der Waals surface area contributed by atoms with Crippen molar-refractivity contribution in [3.8, 4) is 11.8 Å². The smallest absolute Gasteiger partial charge is 0.328 e. The van der Waals surface area contributed by atoms with Gasteiger partial charge < -0.3 is 71.2 Å². The van der Waals surface area contributed by atoms with E-state index < -0.39 is 59.7 Å². The van der Waals surface area contributed by atoms with Gasteiger partial charge in [0.05, 0.1) is 13.2 Å². The number of likely N-dealkylation sites (N-methyl/N-ethyl adjacent to an activating group) is 2. The second-order valence-corrected chi connectivity index (χ2v) is 15.5. The van der Waals surface area contributed by atoms with E-state index in [2.05, 4.69) is 54.2 Å². The molecule has 0 bridgehead atoms. The third kappa shape index (κ3) is 42.1. The van der Waals surface area contributed by atoms with E-state index in [1.54, 1.807) is 13.8 Å². The first-order valence-corrected chi connectivity index (χ1v) is 24.1. The zero-order chi connectivity index (χ0) is 63.3. The molecule has 0 unspecified atom stereocenters. The molecule has 4 rings (SSSR count). The first-order valence-electron chi connectivity index (χ1n) is 24.1. The second kappa shape index (κ2) is 44.9. The molecule has 4 heterocycles. The van der Waals surface area contributed by atoms with Gasteiger partial charge in [-0.1, -0.05) is 13.8 Å². The van der Waals surface area contributed by atoms with E-state index in [0.29, 0.717) is 134 Å². The highest BCUT2D eigenvalue weighted by atomic mass is 16.5. The number of aromatic nitrogens is 4. The van der Waals surface area contributed by atoms with Gasteiger partial charge in [0.2, 0.25) is 11.8 Å². The summed E-state index contributed by atoms with van der Waals surface area (Å²) in [7, 11) is 0. The number of hydrogen-bond donors (Lipinski definition) is 12. The van der Waals surface area contributed by atoms with Crippen molar-refractivity contribution in [1.29, 1.82) is 0 Å². The van der Waals surface area contributed by atoms with Crippen molar-refractivity contribution in [2.24, 2.45) is 0 Å². The minimum atomic E-state index is -1.26. The van der Waals surface area contributed by atoms with Crippen LogP contribution in [0.3, 0.4) is 0 Å². The molecule has 2 amide bonds. The van der Waals surface area contributed by atoms with Crippen LogP contribution in [-0.4, -0.2) is 217 Å². The Morgan fingerprint density at radius 3 is 0.878 bits per heavy atom. The lowest BCUT2D eigenvalue weighted by molar-refractivity contribution is -0.134. The summed E-state index contributed by atoms with van der Waals surface area (Å²) in [6.07, 6.45) is 13.3. The number of nitrogens with one attached hydrogen (secondary N) is 2. The van der Waals surface area contributed by atoms with Crippen LogP contribution in [0.5, 0.6) is 11.8 Å². The molecule has 2 atom stereocenters. The predicted octanol–water partition coefficient (Wildman–Crippen LogP) is 1.35. The molecule has 0 radical (unpaired) electrons. The summed E-state index contributed by atoms with van der Waals surface area (Å²) in [4.78, 5) is 142. The number of carboxylic acid groups (broad SMARTS) is 10. The Hall–Kier alpha value is -9.98. The van der Waals surface area contributed by atoms with E-state index >= 15 is 0 Å². The van der Waals surface area contributed by atoms with Gasteiger partial charge in [0.15, 0.2) is 0 Å². The second-order valence-electron chi connectivity index (χ2n) is 15.5. The quantitative estimate of drug-likeness (QED) is 0.0740. The van der Waals surface area contributed by atoms with Crippen molar-refractivity contribution >= 4 is 71.5 Å². The van der Waals surface area contributed by atoms with Gasteiger partial charge >= 0.3 is 59.7 Å². The molecule has 2 fully saturated rings. The topological polar surface area (TPSA) is 508 Å². The summed E-state index contributed by atoms with van der Waals surface area (Å²) in [6.45, 7) is 18.2. The zero-order valence-corrected chi connectivity index (χ0v) is 45.4. The molecule has 2 aromatic heterocycles. The lowest BCUT2D eigenvalue weighted by Crippen LogP contribution is -2.40. The normalized spacial score (nSPS) is 14.2. The van der Waals surface area contributed by atoms with Crippen molar-refractivity contribution in [3.05, 3.63) is 95.9 Å². The summed E-state index contributed by atoms with van der Waals surface area (Å²) >= 11 is 0. The minimum Gasteiger partial charge on any atom is -0.478 e. The molecule has 2 saturated heterocycles. The third-order valence-electron chi connectivity index (χ3n) is 9.45. The molecule has 2 aromatic rings. The molecule has 32 nitrogen and oxygen atoms in total. The Morgan fingerprint density at radius 1 is 0.451 bits per heavy atom. The Labute approximate surface area is 468 Å². The van der Waals surface area contributed by atoms with Crippen LogP contribution in [0.1, 0.15) is 85.7 Å². The van der Waals surface area contributed by atoms with Crippen LogP contribution in [0.15, 0.2) is 73.2 Å². The molecule has 0 saturated carbocycles. The molecular weight excluding hydrogens is 1100 g/mol. The van der Waals surface area contributed by atoms with Crippen LogP contribution in [0.4, 0.5) is 0 Å². The van der Waals surface area contributed by atoms with Crippen molar-refractivity contribution in [1.82, 2.24) is 40.4 Å². The van der Waals surface area contributed by atoms with Crippen LogP contribution in [-0.2, 0) is 47.9 Å². The molecule has 32 heteroatoms. The monoisotopic (exact) mass is 1160 g/mol. The highest BCUT2D eigenvalue weighted by Crippen LogP contribution is 2.19. The molecule has 0 spiro atoms. The number of nitrogens with zero attached hydrogens (tertiary/aromatic N) is 6. The largest absolute Gasteiger partial charge is 0.478 e. The zero-order valence-electron chi connectivity index (χ0n) is 45.4. The summed E-state index contributed by atoms with van der Waals surface area (Å²) in [5.41, 5.74) is 0.812. The SMILES string of the molecule is CCOc1nc(C)ncc1C(=O)NC[C@H]1CCCN1CC.CCOc1nc(C)ncc1C(=O)NC[C@H]1CCCN1CC.O=C(O)/C=C/C(=O)O.O=C(O)/C=C/C(=O)O.O=C(O)/C=C/C(=O)O.O=C(O)/C=C/C(=O)O.O=C(O)/C=C/C(=O)O. The van der Waals surface area contributed by atoms with Crippen molar-refractivity contribution in [2.75, 3.05) is 52.5 Å². The van der Waals surface area contributed by atoms with Crippen molar-refractivity contribution < 1.29 is 118 Å². The number of amides is 2. The van der Waals surface area contributed by atoms with Gasteiger partial charge in [-0.3, -0.25) is 19.4 Å². The van der Waals surface area contributed by atoms with Gasteiger partial charge in [0.1, 0.15) is 22.8 Å². The molecule has 452 valence electrons. The van der Waals surface area contributed by atoms with Gasteiger partial charge in [-0.05, 0) is 79.6 Å². The van der Waals surface area contributed by atoms with Gasteiger partial charge in [-0.2, -0.15) is 9.97 Å². The number of rotatable bonds is 22. The van der Waals surface area contributed by atoms with Gasteiger partial charge in [0.25, 0.3) is 11.8 Å². The van der Waals surface area contributed by atoms with Crippen molar-refractivity contribution in [3.63, 3.8) is 0 Å². The maximum absolute atomic E-state index is 12.3. The molecule has 12 N–H and O–H groups in total. The summed E-state index contributed by atoms with van der Waals surface area (Å²) in [6, 6.07) is 0.863. The van der Waals surface area contributed by atoms with E-state index in [0.717, 1.165) is 39.0 Å². The van der Waals surface area contributed by atoms with Gasteiger partial charge in [0, 0.05) is 98.3 Å². The average molecular weight is 1170 g/mol. The lowest BCUT2D eigenvalue weighted by Gasteiger charge is -2.23. The molecule has 82 heavy (non-hydrogen) atoms. The van der Waals surface area contributed by atoms with Crippen LogP contribution < -0.4 is 20.1 Å². The highest BCUT2D eigenvalue weighted by molar-refractivity contribution is 5.97. The first-order chi connectivity index (χ1) is 38.4. The Kier molecular flexibility index (Phi) is 41.8. The van der Waals surface area contributed by atoms with E-state index in [1.807, 2.05) is 13.8 Å². The fourth-order valence-electron chi connectivity index (χ4n) is 6.11. The standard InChI is InChI=1S/2C15H24N4O2.5C4H4O4/c2*1-4-19-8-6-7-12(19)9-17-14(20)13-10-16-11(3)18-15(13)21-5-2;5*5-3(6)1-2-4(7)8/h2*10,12H,4-9H2,1-3H3,(H,17,20);5*1-2H,(H,5,6)(H,7,8)/b;;5*2-1+/t2*12-;;;;;/m11...../s1. The Morgan fingerprint density at radius 2 is 0.683 bits per heavy atom. The van der Waals surface area contributed by atoms with Gasteiger partial charge in [-0.15, -0.1) is 0 Å². The Bertz CT molecular complexity index is 2230. The number of carbonyl (C=O) groups is 12. The summed E-state index contributed by atoms with van der Waals surface area (Å²) in [5, 5.41) is 84.1. The fraction of sp³-hybridized carbons (Fsp3) is 0.400. The molecular formula is C50H68N8O24. The molecule has 2 aliphatic heterocycles. The fourth-order valence-corrected chi connectivity index (χ4v) is 6.11. The van der Waals surface area contributed by atoms with E-state index in [-0.39, 0.29) is 11.8 Å². The number of aliphatic carboxylic acids is 10. The van der Waals surface area contributed by atoms with Crippen LogP contribution >= 0.6 is 0 Å². The number of ether oxygens (including phenoxy) is 2. The first kappa shape index (κ1) is 76.3. The van der Waals surface area contributed by atoms with Gasteiger partial charge in [-0.25, -0.2) is 57.9 Å². The molecule has 0 aromatic carbocycles. The summed E-state index contributed by atoms with van der Waals surface area (Å²) in [5.74, 6) is -11.0. The predicted molar refractivity (Wildman–Crippen MR) is 283 cm³/mol. The summed E-state index contributed by atoms with van der Waals surface area (Å²) < 4.78 is 10.9.